The fraction of sp³-hybridized carbons (Fsp3) is 0.357. The summed E-state index contributed by atoms with van der Waals surface area (Å²) in [5, 5.41) is 4.14. The van der Waals surface area contributed by atoms with Crippen molar-refractivity contribution < 1.29 is 13.3 Å². The molecule has 4 aromatic heterocycles. The van der Waals surface area contributed by atoms with Crippen molar-refractivity contribution >= 4 is 22.8 Å². The molecule has 206 valence electrons. The highest BCUT2D eigenvalue weighted by molar-refractivity contribution is 6.30. The largest absolute Gasteiger partial charge is 0.439 e. The molecular weight excluding hydrogens is 540 g/mol. The highest BCUT2D eigenvalue weighted by Gasteiger charge is 2.29. The molecule has 1 N–H and O–H groups in total. The lowest BCUT2D eigenvalue weighted by molar-refractivity contribution is 0.264. The number of fused-ring (bicyclic) bond motifs is 1. The lowest BCUT2D eigenvalue weighted by Crippen LogP contribution is -2.20. The second-order valence-electron chi connectivity index (χ2n) is 10.5. The molecule has 1 aliphatic carbocycles. The van der Waals surface area contributed by atoms with Gasteiger partial charge >= 0.3 is 5.76 Å². The number of benzene rings is 1. The quantitative estimate of drug-likeness (QED) is 0.263. The molecule has 1 saturated carbocycles. The lowest BCUT2D eigenvalue weighted by Gasteiger charge is -2.28. The molecule has 0 radical (unpaired) electrons. The van der Waals surface area contributed by atoms with Gasteiger partial charge in [0.05, 0.1) is 5.02 Å². The van der Waals surface area contributed by atoms with E-state index in [1.165, 1.54) is 24.4 Å². The number of H-pyrrole nitrogens is 1. The molecule has 1 fully saturated rings. The maximum absolute atomic E-state index is 15.0. The average Bonchev–Trinajstić information content (AvgIpc) is 3.53. The van der Waals surface area contributed by atoms with Gasteiger partial charge in [-0.05, 0) is 42.9 Å². The molecule has 4 heterocycles. The lowest BCUT2D eigenvalue weighted by atomic mass is 9.83. The number of nitrogens with zero attached hydrogens (tertiary/aromatic N) is 6. The van der Waals surface area contributed by atoms with Gasteiger partial charge in [-0.1, -0.05) is 49.5 Å². The SMILES string of the molecule is CC1CCC(Cn2c(C(C)c3c(F)cccc3F)nc3nc(-c4noc(=O)[nH]4)nc(-c4cncc(Cl)c4)c32)CC1. The van der Waals surface area contributed by atoms with Gasteiger partial charge in [-0.25, -0.2) is 28.5 Å². The summed E-state index contributed by atoms with van der Waals surface area (Å²) >= 11 is 6.30. The van der Waals surface area contributed by atoms with Crippen LogP contribution in [0.1, 0.15) is 56.8 Å². The van der Waals surface area contributed by atoms with E-state index < -0.39 is 23.3 Å². The summed E-state index contributed by atoms with van der Waals surface area (Å²) in [4.78, 5) is 32.5. The van der Waals surface area contributed by atoms with Gasteiger partial charge in [0.1, 0.15) is 28.7 Å². The Morgan fingerprint density at radius 2 is 1.88 bits per heavy atom. The van der Waals surface area contributed by atoms with Gasteiger partial charge in [-0.15, -0.1) is 0 Å². The zero-order valence-corrected chi connectivity index (χ0v) is 22.6. The third-order valence-corrected chi connectivity index (χ3v) is 7.87. The van der Waals surface area contributed by atoms with Crippen LogP contribution in [0, 0.1) is 23.5 Å². The molecule has 0 amide bonds. The molecule has 0 bridgehead atoms. The second-order valence-corrected chi connectivity index (χ2v) is 10.9. The van der Waals surface area contributed by atoms with E-state index in [4.69, 9.17) is 21.6 Å². The molecule has 12 heteroatoms. The highest BCUT2D eigenvalue weighted by Crippen LogP contribution is 2.37. The van der Waals surface area contributed by atoms with E-state index in [0.717, 1.165) is 25.7 Å². The van der Waals surface area contributed by atoms with Crippen molar-refractivity contribution in [1.29, 1.82) is 0 Å². The van der Waals surface area contributed by atoms with Crippen LogP contribution in [0.4, 0.5) is 8.78 Å². The number of nitrogens with one attached hydrogen (secondary N) is 1. The van der Waals surface area contributed by atoms with E-state index in [1.54, 1.807) is 19.2 Å². The zero-order chi connectivity index (χ0) is 28.0. The third kappa shape index (κ3) is 4.90. The van der Waals surface area contributed by atoms with Crippen molar-refractivity contribution in [3.63, 3.8) is 0 Å². The first kappa shape index (κ1) is 26.2. The Labute approximate surface area is 232 Å². The minimum Gasteiger partial charge on any atom is -0.324 e. The molecular formula is C28H26ClF2N7O2. The van der Waals surface area contributed by atoms with E-state index in [1.807, 2.05) is 4.57 Å². The minimum atomic E-state index is -0.758. The van der Waals surface area contributed by atoms with Gasteiger partial charge in [0, 0.05) is 36.0 Å². The van der Waals surface area contributed by atoms with Gasteiger partial charge < -0.3 is 4.57 Å². The van der Waals surface area contributed by atoms with Gasteiger partial charge in [0.2, 0.25) is 11.6 Å². The van der Waals surface area contributed by atoms with Gasteiger partial charge in [-0.3, -0.25) is 14.5 Å². The maximum Gasteiger partial charge on any atom is 0.439 e. The van der Waals surface area contributed by atoms with Crippen molar-refractivity contribution in [3.05, 3.63) is 75.3 Å². The zero-order valence-electron chi connectivity index (χ0n) is 21.9. The predicted molar refractivity (Wildman–Crippen MR) is 145 cm³/mol. The van der Waals surface area contributed by atoms with Crippen LogP contribution in [-0.4, -0.2) is 34.6 Å². The number of imidazole rings is 1. The number of aromatic amines is 1. The van der Waals surface area contributed by atoms with Crippen LogP contribution in [-0.2, 0) is 6.54 Å². The topological polar surface area (TPSA) is 115 Å². The van der Waals surface area contributed by atoms with Crippen molar-refractivity contribution in [2.75, 3.05) is 0 Å². The highest BCUT2D eigenvalue weighted by atomic mass is 35.5. The molecule has 9 nitrogen and oxygen atoms in total. The Bertz CT molecular complexity index is 1740. The Morgan fingerprint density at radius 1 is 1.12 bits per heavy atom. The molecule has 0 saturated heterocycles. The van der Waals surface area contributed by atoms with Crippen LogP contribution in [0.25, 0.3) is 34.1 Å². The van der Waals surface area contributed by atoms with Crippen LogP contribution >= 0.6 is 11.6 Å². The molecule has 1 atom stereocenters. The van der Waals surface area contributed by atoms with Crippen molar-refractivity contribution in [3.8, 4) is 22.9 Å². The Balaban J connectivity index is 1.61. The van der Waals surface area contributed by atoms with Crippen molar-refractivity contribution in [1.82, 2.24) is 34.6 Å². The standard InChI is InChI=1S/C28H26ClF2N7O2/c1-14-6-8-16(9-7-14)13-38-23-22(17-10-18(29)12-32-11-17)33-25(26-36-28(39)40-37-26)34-24(23)35-27(38)15(2)21-19(30)4-3-5-20(21)31/h3-5,10-12,14-16H,6-9,13H2,1-2H3,(H,36,37,39). The smallest absolute Gasteiger partial charge is 0.324 e. The molecule has 1 aliphatic rings. The average molecular weight is 566 g/mol. The van der Waals surface area contributed by atoms with Gasteiger partial charge in [0.15, 0.2) is 5.65 Å². The predicted octanol–water partition coefficient (Wildman–Crippen LogP) is 6.14. The molecule has 1 unspecified atom stereocenters. The number of pyridine rings is 1. The summed E-state index contributed by atoms with van der Waals surface area (Å²) in [6.07, 6.45) is 7.38. The van der Waals surface area contributed by atoms with Gasteiger partial charge in [0.25, 0.3) is 0 Å². The molecule has 0 spiro atoms. The Morgan fingerprint density at radius 3 is 2.55 bits per heavy atom. The summed E-state index contributed by atoms with van der Waals surface area (Å²) in [7, 11) is 0. The van der Waals surface area contributed by atoms with Crippen LogP contribution < -0.4 is 5.76 Å². The van der Waals surface area contributed by atoms with E-state index >= 15 is 0 Å². The van der Waals surface area contributed by atoms with E-state index in [9.17, 15) is 13.6 Å². The number of hydrogen-bond acceptors (Lipinski definition) is 7. The normalized spacial score (nSPS) is 18.3. The molecule has 0 aliphatic heterocycles. The number of rotatable bonds is 6. The first-order valence-electron chi connectivity index (χ1n) is 13.2. The summed E-state index contributed by atoms with van der Waals surface area (Å²) in [6.45, 7) is 4.56. The monoisotopic (exact) mass is 565 g/mol. The van der Waals surface area contributed by atoms with E-state index in [0.29, 0.717) is 46.0 Å². The molecule has 40 heavy (non-hydrogen) atoms. The maximum atomic E-state index is 15.0. The minimum absolute atomic E-state index is 0.0219. The Kier molecular flexibility index (Phi) is 6.91. The molecule has 1 aromatic carbocycles. The molecule has 5 aromatic rings. The van der Waals surface area contributed by atoms with Crippen LogP contribution in [0.3, 0.4) is 0 Å². The summed E-state index contributed by atoms with van der Waals surface area (Å²) < 4.78 is 36.6. The van der Waals surface area contributed by atoms with Crippen LogP contribution in [0.5, 0.6) is 0 Å². The number of aromatic nitrogens is 7. The number of halogens is 3. The summed E-state index contributed by atoms with van der Waals surface area (Å²) in [6, 6.07) is 5.54. The second kappa shape index (κ2) is 10.5. The van der Waals surface area contributed by atoms with E-state index in [2.05, 4.69) is 31.6 Å². The van der Waals surface area contributed by atoms with Gasteiger partial charge in [-0.2, -0.15) is 0 Å². The fourth-order valence-corrected chi connectivity index (χ4v) is 5.74. The summed E-state index contributed by atoms with van der Waals surface area (Å²) in [5.41, 5.74) is 1.82. The third-order valence-electron chi connectivity index (χ3n) is 7.66. The van der Waals surface area contributed by atoms with Crippen molar-refractivity contribution in [2.24, 2.45) is 11.8 Å². The summed E-state index contributed by atoms with van der Waals surface area (Å²) in [5.74, 6) is -1.26. The van der Waals surface area contributed by atoms with Crippen LogP contribution in [0.2, 0.25) is 5.02 Å². The van der Waals surface area contributed by atoms with E-state index in [-0.39, 0.29) is 22.9 Å². The van der Waals surface area contributed by atoms with Crippen molar-refractivity contribution in [2.45, 2.75) is 52.0 Å². The Hall–Kier alpha value is -3.99. The van der Waals surface area contributed by atoms with Crippen LogP contribution in [0.15, 0.2) is 46.0 Å². The number of hydrogen-bond donors (Lipinski definition) is 1. The fourth-order valence-electron chi connectivity index (χ4n) is 5.57. The first-order chi connectivity index (χ1) is 19.3. The first-order valence-corrected chi connectivity index (χ1v) is 13.6. The molecule has 6 rings (SSSR count).